The predicted molar refractivity (Wildman–Crippen MR) is 52.8 cm³/mol. The van der Waals surface area contributed by atoms with Crippen molar-refractivity contribution in [1.29, 1.82) is 0 Å². The highest BCUT2D eigenvalue weighted by Crippen LogP contribution is 2.23. The molecule has 0 unspecified atom stereocenters. The molecule has 0 amide bonds. The second-order valence-electron chi connectivity index (χ2n) is 2.94. The minimum absolute atomic E-state index is 0.00694. The van der Waals surface area contributed by atoms with Gasteiger partial charge >= 0.3 is 5.69 Å². The smallest absolute Gasteiger partial charge is 0.334 e. The molecule has 2 rings (SSSR count). The number of nitro groups is 1. The van der Waals surface area contributed by atoms with Crippen molar-refractivity contribution in [3.63, 3.8) is 0 Å². The second-order valence-corrected chi connectivity index (χ2v) is 2.94. The lowest BCUT2D eigenvalue weighted by Gasteiger charge is -2.03. The van der Waals surface area contributed by atoms with Crippen LogP contribution in [-0.4, -0.2) is 29.7 Å². The van der Waals surface area contributed by atoms with Crippen LogP contribution in [0, 0.1) is 17.0 Å². The third-order valence-corrected chi connectivity index (χ3v) is 1.88. The lowest BCUT2D eigenvalue weighted by Crippen LogP contribution is -2.09. The van der Waals surface area contributed by atoms with Crippen LogP contribution in [0.25, 0.3) is 5.82 Å². The number of rotatable bonds is 2. The molecular formula is C7H7N7O2. The van der Waals surface area contributed by atoms with Crippen LogP contribution in [0.4, 0.5) is 11.6 Å². The molecule has 16 heavy (non-hydrogen) atoms. The molecule has 0 radical (unpaired) electrons. The van der Waals surface area contributed by atoms with Crippen LogP contribution in [0.15, 0.2) is 12.7 Å². The molecule has 0 aliphatic heterocycles. The van der Waals surface area contributed by atoms with E-state index in [1.165, 1.54) is 24.3 Å². The zero-order chi connectivity index (χ0) is 11.7. The fourth-order valence-electron chi connectivity index (χ4n) is 1.26. The number of nitrogens with zero attached hydrogens (tertiary/aromatic N) is 6. The Kier molecular flexibility index (Phi) is 2.20. The topological polar surface area (TPSA) is 126 Å². The van der Waals surface area contributed by atoms with E-state index in [-0.39, 0.29) is 23.1 Å². The molecule has 9 heteroatoms. The summed E-state index contributed by atoms with van der Waals surface area (Å²) < 4.78 is 1.17. The lowest BCUT2D eigenvalue weighted by molar-refractivity contribution is -0.385. The fraction of sp³-hybridized carbons (Fsp3) is 0.143. The second kappa shape index (κ2) is 3.53. The molecule has 0 atom stereocenters. The molecule has 0 saturated heterocycles. The number of aromatic nitrogens is 5. The number of hydrogen-bond acceptors (Lipinski definition) is 7. The van der Waals surface area contributed by atoms with Crippen LogP contribution in [-0.2, 0) is 0 Å². The van der Waals surface area contributed by atoms with Gasteiger partial charge in [-0.15, -0.1) is 0 Å². The molecule has 0 aliphatic rings. The molecule has 2 N–H and O–H groups in total. The van der Waals surface area contributed by atoms with Gasteiger partial charge in [0.1, 0.15) is 18.3 Å². The molecule has 2 aromatic heterocycles. The fourth-order valence-corrected chi connectivity index (χ4v) is 1.26. The first-order valence-corrected chi connectivity index (χ1v) is 4.23. The summed E-state index contributed by atoms with van der Waals surface area (Å²) in [6, 6.07) is 0. The molecule has 2 aromatic rings. The minimum Gasteiger partial charge on any atom is -0.368 e. The molecule has 9 nitrogen and oxygen atoms in total. The van der Waals surface area contributed by atoms with E-state index >= 15 is 0 Å². The minimum atomic E-state index is -0.578. The monoisotopic (exact) mass is 221 g/mol. The van der Waals surface area contributed by atoms with Gasteiger partial charge in [-0.2, -0.15) is 14.8 Å². The maximum absolute atomic E-state index is 10.9. The molecule has 0 bridgehead atoms. The summed E-state index contributed by atoms with van der Waals surface area (Å²) in [6.07, 6.45) is 2.55. The van der Waals surface area contributed by atoms with Crippen LogP contribution < -0.4 is 5.73 Å². The van der Waals surface area contributed by atoms with Gasteiger partial charge in [-0.1, -0.05) is 0 Å². The van der Waals surface area contributed by atoms with E-state index in [1.54, 1.807) is 0 Å². The van der Waals surface area contributed by atoms with Gasteiger partial charge in [0.25, 0.3) is 0 Å². The van der Waals surface area contributed by atoms with Crippen molar-refractivity contribution >= 4 is 11.6 Å². The van der Waals surface area contributed by atoms with Crippen molar-refractivity contribution in [1.82, 2.24) is 24.7 Å². The molecule has 82 valence electrons. The van der Waals surface area contributed by atoms with E-state index in [0.717, 1.165) is 0 Å². The zero-order valence-corrected chi connectivity index (χ0v) is 8.23. The Balaban J connectivity index is 2.72. The number of anilines is 1. The van der Waals surface area contributed by atoms with Gasteiger partial charge in [-0.25, -0.2) is 9.97 Å². The van der Waals surface area contributed by atoms with E-state index < -0.39 is 4.92 Å². The van der Waals surface area contributed by atoms with Crippen LogP contribution >= 0.6 is 0 Å². The zero-order valence-electron chi connectivity index (χ0n) is 8.23. The van der Waals surface area contributed by atoms with Crippen LogP contribution in [0.3, 0.4) is 0 Å². The van der Waals surface area contributed by atoms with Crippen molar-refractivity contribution in [2.75, 3.05) is 5.73 Å². The summed E-state index contributed by atoms with van der Waals surface area (Å²) in [5.41, 5.74) is 5.38. The molecule has 0 aliphatic carbocycles. The van der Waals surface area contributed by atoms with Crippen molar-refractivity contribution in [3.8, 4) is 5.82 Å². The summed E-state index contributed by atoms with van der Waals surface area (Å²) in [7, 11) is 0. The van der Waals surface area contributed by atoms with Gasteiger partial charge in [-0.3, -0.25) is 10.1 Å². The third-order valence-electron chi connectivity index (χ3n) is 1.88. The van der Waals surface area contributed by atoms with Crippen LogP contribution in [0.2, 0.25) is 0 Å². The highest BCUT2D eigenvalue weighted by atomic mass is 16.6. The van der Waals surface area contributed by atoms with Gasteiger partial charge in [0.15, 0.2) is 0 Å². The van der Waals surface area contributed by atoms with Crippen molar-refractivity contribution in [2.45, 2.75) is 6.92 Å². The summed E-state index contributed by atoms with van der Waals surface area (Å²) in [5, 5.41) is 14.6. The Morgan fingerprint density at radius 3 is 2.81 bits per heavy atom. The van der Waals surface area contributed by atoms with Crippen molar-refractivity contribution in [2.24, 2.45) is 0 Å². The maximum atomic E-state index is 10.9. The van der Waals surface area contributed by atoms with E-state index in [2.05, 4.69) is 20.1 Å². The van der Waals surface area contributed by atoms with Gasteiger partial charge < -0.3 is 5.73 Å². The predicted octanol–water partition coefficient (Wildman–Crippen LogP) is -0.144. The number of nitrogens with two attached hydrogens (primary N) is 1. The maximum Gasteiger partial charge on any atom is 0.334 e. The van der Waals surface area contributed by atoms with Crippen molar-refractivity contribution < 1.29 is 4.92 Å². The Labute approximate surface area is 89.1 Å². The first-order chi connectivity index (χ1) is 7.59. The average molecular weight is 221 g/mol. The van der Waals surface area contributed by atoms with Gasteiger partial charge in [0.2, 0.25) is 11.8 Å². The summed E-state index contributed by atoms with van der Waals surface area (Å²) in [6.45, 7) is 1.48. The van der Waals surface area contributed by atoms with E-state index in [1.807, 2.05) is 0 Å². The lowest BCUT2D eigenvalue weighted by atomic mass is 10.3. The average Bonchev–Trinajstić information content (AvgIpc) is 2.67. The van der Waals surface area contributed by atoms with Gasteiger partial charge in [-0.05, 0) is 6.92 Å². The van der Waals surface area contributed by atoms with Gasteiger partial charge in [0.05, 0.1) is 4.92 Å². The summed E-state index contributed by atoms with van der Waals surface area (Å²) >= 11 is 0. The first kappa shape index (κ1) is 9.96. The highest BCUT2D eigenvalue weighted by molar-refractivity contribution is 5.51. The highest BCUT2D eigenvalue weighted by Gasteiger charge is 2.23. The van der Waals surface area contributed by atoms with Crippen LogP contribution in [0.5, 0.6) is 0 Å². The third kappa shape index (κ3) is 1.54. The van der Waals surface area contributed by atoms with Crippen molar-refractivity contribution in [3.05, 3.63) is 28.5 Å². The molecule has 0 spiro atoms. The number of aryl methyl sites for hydroxylation is 1. The number of hydrogen-bond donors (Lipinski definition) is 1. The standard InChI is InChI=1S/C7H7N7O2/c1-4-5(14(15)16)6(12-7(8)11-4)13-3-9-2-10-13/h2-3H,1H3,(H2,8,11,12). The van der Waals surface area contributed by atoms with Gasteiger partial charge in [0, 0.05) is 0 Å². The summed E-state index contributed by atoms with van der Waals surface area (Å²) in [5.74, 6) is -0.0406. The van der Waals surface area contributed by atoms with Crippen LogP contribution in [0.1, 0.15) is 5.69 Å². The normalized spacial score (nSPS) is 10.3. The first-order valence-electron chi connectivity index (χ1n) is 4.23. The van der Waals surface area contributed by atoms with E-state index in [9.17, 15) is 10.1 Å². The van der Waals surface area contributed by atoms with E-state index in [4.69, 9.17) is 5.73 Å². The molecule has 0 fully saturated rings. The molecular weight excluding hydrogens is 214 g/mol. The van der Waals surface area contributed by atoms with E-state index in [0.29, 0.717) is 0 Å². The number of nitrogen functional groups attached to an aromatic ring is 1. The molecule has 2 heterocycles. The Hall–Kier alpha value is -2.58. The Morgan fingerprint density at radius 1 is 1.50 bits per heavy atom. The SMILES string of the molecule is Cc1nc(N)nc(-n2cncn2)c1[N+](=O)[O-]. The molecule has 0 aromatic carbocycles. The molecule has 0 saturated carbocycles. The quantitative estimate of drug-likeness (QED) is 0.552. The largest absolute Gasteiger partial charge is 0.368 e. The Morgan fingerprint density at radius 2 is 2.25 bits per heavy atom. The summed E-state index contributed by atoms with van der Waals surface area (Å²) in [4.78, 5) is 21.5. The Bertz CT molecular complexity index is 536.